The molecule has 20 heavy (non-hydrogen) atoms. The fourth-order valence-electron chi connectivity index (χ4n) is 1.56. The lowest BCUT2D eigenvalue weighted by Crippen LogP contribution is -1.99. The van der Waals surface area contributed by atoms with Crippen molar-refractivity contribution in [2.24, 2.45) is 0 Å². The Hall–Kier alpha value is -2.39. The van der Waals surface area contributed by atoms with E-state index in [0.29, 0.717) is 11.8 Å². The molecule has 6 heteroatoms. The van der Waals surface area contributed by atoms with Crippen molar-refractivity contribution < 1.29 is 18.7 Å². The quantitative estimate of drug-likeness (QED) is 0.937. The van der Waals surface area contributed by atoms with E-state index in [1.807, 2.05) is 0 Å². The number of aromatic carboxylic acids is 1. The molecule has 0 heterocycles. The third-order valence-electron chi connectivity index (χ3n) is 2.46. The molecular weight excluding hydrogens is 284 g/mol. The van der Waals surface area contributed by atoms with Crippen LogP contribution < -0.4 is 0 Å². The van der Waals surface area contributed by atoms with Gasteiger partial charge in [-0.1, -0.05) is 23.9 Å². The Morgan fingerprint density at radius 3 is 2.35 bits per heavy atom. The van der Waals surface area contributed by atoms with Crippen molar-refractivity contribution in [2.45, 2.75) is 9.79 Å². The van der Waals surface area contributed by atoms with Crippen LogP contribution in [-0.4, -0.2) is 11.1 Å². The zero-order chi connectivity index (χ0) is 14.7. The first-order valence-corrected chi connectivity index (χ1v) is 6.24. The minimum Gasteiger partial charge on any atom is -0.478 e. The molecule has 0 spiro atoms. The maximum absolute atomic E-state index is 13.8. The van der Waals surface area contributed by atoms with Gasteiger partial charge >= 0.3 is 5.97 Å². The number of rotatable bonds is 3. The Kier molecular flexibility index (Phi) is 4.01. The number of hydrogen-bond donors (Lipinski definition) is 1. The summed E-state index contributed by atoms with van der Waals surface area (Å²) in [4.78, 5) is 10.9. The third-order valence-corrected chi connectivity index (χ3v) is 3.63. The van der Waals surface area contributed by atoms with Crippen molar-refractivity contribution in [1.29, 1.82) is 5.26 Å². The Morgan fingerprint density at radius 2 is 1.80 bits per heavy atom. The van der Waals surface area contributed by atoms with Crippen LogP contribution in [0.3, 0.4) is 0 Å². The highest BCUT2D eigenvalue weighted by molar-refractivity contribution is 7.99. The van der Waals surface area contributed by atoms with Gasteiger partial charge in [-0.2, -0.15) is 5.26 Å². The highest BCUT2D eigenvalue weighted by Gasteiger charge is 2.16. The lowest BCUT2D eigenvalue weighted by atomic mass is 10.2. The van der Waals surface area contributed by atoms with Crippen LogP contribution in [0.15, 0.2) is 46.2 Å². The van der Waals surface area contributed by atoms with Gasteiger partial charge in [0.2, 0.25) is 0 Å². The smallest absolute Gasteiger partial charge is 0.336 e. The summed E-state index contributed by atoms with van der Waals surface area (Å²) in [6.07, 6.45) is 0. The molecule has 0 bridgehead atoms. The molecule has 0 aliphatic heterocycles. The van der Waals surface area contributed by atoms with Gasteiger partial charge in [-0.3, -0.25) is 0 Å². The molecule has 0 fully saturated rings. The Morgan fingerprint density at radius 1 is 1.20 bits per heavy atom. The predicted molar refractivity (Wildman–Crippen MR) is 68.6 cm³/mol. The third kappa shape index (κ3) is 2.78. The van der Waals surface area contributed by atoms with Crippen molar-refractivity contribution in [1.82, 2.24) is 0 Å². The van der Waals surface area contributed by atoms with Gasteiger partial charge in [0.1, 0.15) is 11.6 Å². The SMILES string of the molecule is N#Cc1cc(F)c(Sc2ccccc2C(=O)O)c(F)c1. The van der Waals surface area contributed by atoms with Crippen molar-refractivity contribution in [3.8, 4) is 6.07 Å². The molecule has 0 radical (unpaired) electrons. The number of nitriles is 1. The molecular formula is C14H7F2NO2S. The maximum Gasteiger partial charge on any atom is 0.336 e. The summed E-state index contributed by atoms with van der Waals surface area (Å²) in [7, 11) is 0. The maximum atomic E-state index is 13.8. The van der Waals surface area contributed by atoms with Gasteiger partial charge in [0, 0.05) is 4.90 Å². The van der Waals surface area contributed by atoms with Gasteiger partial charge in [0.25, 0.3) is 0 Å². The molecule has 0 saturated heterocycles. The topological polar surface area (TPSA) is 61.1 Å². The van der Waals surface area contributed by atoms with Crippen LogP contribution in [0.1, 0.15) is 15.9 Å². The van der Waals surface area contributed by atoms with Crippen LogP contribution in [0.4, 0.5) is 8.78 Å². The molecule has 2 aromatic carbocycles. The highest BCUT2D eigenvalue weighted by Crippen LogP contribution is 2.34. The van der Waals surface area contributed by atoms with E-state index in [0.717, 1.165) is 12.1 Å². The van der Waals surface area contributed by atoms with E-state index in [-0.39, 0.29) is 20.9 Å². The summed E-state index contributed by atoms with van der Waals surface area (Å²) in [5, 5.41) is 17.6. The summed E-state index contributed by atoms with van der Waals surface area (Å²) >= 11 is 0.675. The first-order chi connectivity index (χ1) is 9.52. The lowest BCUT2D eigenvalue weighted by Gasteiger charge is -2.07. The normalized spacial score (nSPS) is 10.1. The van der Waals surface area contributed by atoms with Crippen LogP contribution in [0.5, 0.6) is 0 Å². The molecule has 0 saturated carbocycles. The minimum absolute atomic E-state index is 0.0411. The lowest BCUT2D eigenvalue weighted by molar-refractivity contribution is 0.0693. The fourth-order valence-corrected chi connectivity index (χ4v) is 2.51. The second-order valence-electron chi connectivity index (χ2n) is 3.78. The average Bonchev–Trinajstić information content (AvgIpc) is 2.42. The van der Waals surface area contributed by atoms with E-state index in [2.05, 4.69) is 0 Å². The minimum atomic E-state index is -1.18. The van der Waals surface area contributed by atoms with Gasteiger partial charge in [-0.05, 0) is 24.3 Å². The van der Waals surface area contributed by atoms with Crippen LogP contribution >= 0.6 is 11.8 Å². The molecule has 0 aromatic heterocycles. The number of carboxylic acid groups (broad SMARTS) is 1. The van der Waals surface area contributed by atoms with Crippen molar-refractivity contribution in [3.63, 3.8) is 0 Å². The van der Waals surface area contributed by atoms with Gasteiger partial charge in [0.05, 0.1) is 22.1 Å². The van der Waals surface area contributed by atoms with Gasteiger partial charge in [-0.15, -0.1) is 0 Å². The molecule has 3 nitrogen and oxygen atoms in total. The van der Waals surface area contributed by atoms with Crippen LogP contribution in [0.25, 0.3) is 0 Å². The highest BCUT2D eigenvalue weighted by atomic mass is 32.2. The Bertz CT molecular complexity index is 702. The fraction of sp³-hybridized carbons (Fsp3) is 0. The molecule has 2 aromatic rings. The number of hydrogen-bond acceptors (Lipinski definition) is 3. The molecule has 0 amide bonds. The number of nitrogens with zero attached hydrogens (tertiary/aromatic N) is 1. The first kappa shape index (κ1) is 14.0. The number of carboxylic acids is 1. The zero-order valence-electron chi connectivity index (χ0n) is 9.93. The number of halogens is 2. The van der Waals surface area contributed by atoms with E-state index in [1.54, 1.807) is 12.1 Å². The molecule has 0 aliphatic carbocycles. The predicted octanol–water partition coefficient (Wildman–Crippen LogP) is 3.69. The van der Waals surface area contributed by atoms with E-state index in [9.17, 15) is 13.6 Å². The Balaban J connectivity index is 2.46. The van der Waals surface area contributed by atoms with E-state index < -0.39 is 17.6 Å². The summed E-state index contributed by atoms with van der Waals surface area (Å²) in [6, 6.07) is 9.39. The number of carbonyl (C=O) groups is 1. The first-order valence-electron chi connectivity index (χ1n) is 5.42. The van der Waals surface area contributed by atoms with Gasteiger partial charge in [-0.25, -0.2) is 13.6 Å². The second kappa shape index (κ2) is 5.72. The molecule has 0 unspecified atom stereocenters. The van der Waals surface area contributed by atoms with Crippen molar-refractivity contribution >= 4 is 17.7 Å². The zero-order valence-corrected chi connectivity index (χ0v) is 10.7. The van der Waals surface area contributed by atoms with Crippen LogP contribution in [-0.2, 0) is 0 Å². The summed E-state index contributed by atoms with van der Waals surface area (Å²) in [5.41, 5.74) is -0.170. The molecule has 1 N–H and O–H groups in total. The molecule has 0 aliphatic rings. The average molecular weight is 291 g/mol. The van der Waals surface area contributed by atoms with E-state index >= 15 is 0 Å². The standard InChI is InChI=1S/C14H7F2NO2S/c15-10-5-8(7-17)6-11(16)13(10)20-12-4-2-1-3-9(12)14(18)19/h1-6H,(H,18,19). The van der Waals surface area contributed by atoms with Gasteiger partial charge < -0.3 is 5.11 Å². The molecule has 0 atom stereocenters. The van der Waals surface area contributed by atoms with Crippen LogP contribution in [0.2, 0.25) is 0 Å². The van der Waals surface area contributed by atoms with E-state index in [1.165, 1.54) is 18.2 Å². The largest absolute Gasteiger partial charge is 0.478 e. The van der Waals surface area contributed by atoms with Crippen molar-refractivity contribution in [2.75, 3.05) is 0 Å². The van der Waals surface area contributed by atoms with Gasteiger partial charge in [0.15, 0.2) is 0 Å². The summed E-state index contributed by atoms with van der Waals surface area (Å²) in [5.74, 6) is -2.97. The summed E-state index contributed by atoms with van der Waals surface area (Å²) < 4.78 is 27.5. The Labute approximate surface area is 117 Å². The monoisotopic (exact) mass is 291 g/mol. The summed E-state index contributed by atoms with van der Waals surface area (Å²) in [6.45, 7) is 0. The molecule has 2 rings (SSSR count). The molecule has 100 valence electrons. The second-order valence-corrected chi connectivity index (χ2v) is 4.84. The van der Waals surface area contributed by atoms with E-state index in [4.69, 9.17) is 10.4 Å². The van der Waals surface area contributed by atoms with Crippen molar-refractivity contribution in [3.05, 3.63) is 59.2 Å². The van der Waals surface area contributed by atoms with Crippen LogP contribution in [0, 0.1) is 23.0 Å². The number of benzene rings is 2.